The van der Waals surface area contributed by atoms with E-state index in [0.29, 0.717) is 32.3 Å². The van der Waals surface area contributed by atoms with E-state index in [1.54, 1.807) is 11.3 Å². The fraction of sp³-hybridized carbons (Fsp3) is 0.600. The van der Waals surface area contributed by atoms with E-state index in [4.69, 9.17) is 9.72 Å². The Morgan fingerprint density at radius 1 is 1.26 bits per heavy atom. The average molecular weight is 389 g/mol. The Morgan fingerprint density at radius 2 is 2.00 bits per heavy atom. The molecule has 2 aromatic rings. The van der Waals surface area contributed by atoms with E-state index in [-0.39, 0.29) is 6.03 Å². The third-order valence-electron chi connectivity index (χ3n) is 5.72. The molecule has 27 heavy (non-hydrogen) atoms. The number of nitrogens with zero attached hydrogens (tertiary/aromatic N) is 4. The van der Waals surface area contributed by atoms with Crippen LogP contribution >= 0.6 is 11.3 Å². The molecule has 2 aliphatic rings. The molecule has 0 N–H and O–H groups in total. The summed E-state index contributed by atoms with van der Waals surface area (Å²) in [6.45, 7) is 6.78. The first-order valence-electron chi connectivity index (χ1n) is 9.89. The lowest BCUT2D eigenvalue weighted by atomic mass is 10.0. The fourth-order valence-corrected chi connectivity index (χ4v) is 4.97. The van der Waals surface area contributed by atoms with E-state index in [0.717, 1.165) is 43.0 Å². The van der Waals surface area contributed by atoms with Crippen molar-refractivity contribution in [2.75, 3.05) is 51.3 Å². The monoisotopic (exact) mass is 388 g/mol. The average Bonchev–Trinajstić information content (AvgIpc) is 3.16. The molecule has 146 valence electrons. The Kier molecular flexibility index (Phi) is 5.50. The van der Waals surface area contributed by atoms with E-state index in [9.17, 15) is 4.79 Å². The molecule has 0 spiro atoms. The molecule has 2 saturated heterocycles. The van der Waals surface area contributed by atoms with Gasteiger partial charge in [0.2, 0.25) is 0 Å². The number of carbonyl (C=O) groups is 1. The number of anilines is 1. The number of hydrogen-bond donors (Lipinski definition) is 0. The van der Waals surface area contributed by atoms with Gasteiger partial charge in [0.25, 0.3) is 0 Å². The zero-order valence-electron chi connectivity index (χ0n) is 16.2. The predicted octanol–water partition coefficient (Wildman–Crippen LogP) is 3.21. The quantitative estimate of drug-likeness (QED) is 0.810. The summed E-state index contributed by atoms with van der Waals surface area (Å²) in [6.07, 6.45) is 3.03. The normalized spacial score (nSPS) is 18.9. The molecule has 0 unspecified atom stereocenters. The minimum atomic E-state index is 0.142. The Labute approximate surface area is 164 Å². The first-order valence-corrected chi connectivity index (χ1v) is 10.7. The van der Waals surface area contributed by atoms with Crippen LogP contribution in [0.1, 0.15) is 25.3 Å². The van der Waals surface area contributed by atoms with Gasteiger partial charge >= 0.3 is 6.03 Å². The van der Waals surface area contributed by atoms with Crippen molar-refractivity contribution < 1.29 is 9.53 Å². The van der Waals surface area contributed by atoms with Gasteiger partial charge in [-0.25, -0.2) is 9.78 Å². The van der Waals surface area contributed by atoms with Crippen LogP contribution in [-0.4, -0.2) is 73.3 Å². The molecule has 0 bridgehead atoms. The molecule has 2 aliphatic heterocycles. The van der Waals surface area contributed by atoms with Gasteiger partial charge in [-0.1, -0.05) is 24.3 Å². The van der Waals surface area contributed by atoms with Crippen molar-refractivity contribution in [1.29, 1.82) is 0 Å². The van der Waals surface area contributed by atoms with Crippen LogP contribution in [0.3, 0.4) is 0 Å². The maximum atomic E-state index is 12.7. The van der Waals surface area contributed by atoms with Crippen molar-refractivity contribution in [3.63, 3.8) is 0 Å². The second-order valence-corrected chi connectivity index (χ2v) is 8.37. The van der Waals surface area contributed by atoms with Crippen molar-refractivity contribution in [2.24, 2.45) is 0 Å². The van der Waals surface area contributed by atoms with Crippen LogP contribution in [0.2, 0.25) is 0 Å². The van der Waals surface area contributed by atoms with Crippen LogP contribution < -0.4 is 4.90 Å². The summed E-state index contributed by atoms with van der Waals surface area (Å²) in [7, 11) is 1.95. The molecule has 7 heteroatoms. The summed E-state index contributed by atoms with van der Waals surface area (Å²) < 4.78 is 6.62. The van der Waals surface area contributed by atoms with Crippen molar-refractivity contribution in [3.8, 4) is 0 Å². The molecule has 0 aliphatic carbocycles. The maximum Gasteiger partial charge on any atom is 0.320 e. The van der Waals surface area contributed by atoms with Crippen LogP contribution in [0.25, 0.3) is 10.2 Å². The first kappa shape index (κ1) is 18.5. The molecular weight excluding hydrogens is 360 g/mol. The van der Waals surface area contributed by atoms with Crippen LogP contribution in [-0.2, 0) is 11.2 Å². The highest BCUT2D eigenvalue weighted by Gasteiger charge is 2.29. The highest BCUT2D eigenvalue weighted by molar-refractivity contribution is 7.22. The number of ether oxygens (including phenoxy) is 1. The number of amides is 2. The van der Waals surface area contributed by atoms with Crippen molar-refractivity contribution >= 4 is 32.7 Å². The van der Waals surface area contributed by atoms with Crippen molar-refractivity contribution in [2.45, 2.75) is 32.2 Å². The minimum absolute atomic E-state index is 0.142. The zero-order chi connectivity index (χ0) is 18.8. The van der Waals surface area contributed by atoms with Gasteiger partial charge in [-0.05, 0) is 37.0 Å². The number of fused-ring (bicyclic) bond motifs is 1. The molecule has 0 saturated carbocycles. The summed E-state index contributed by atoms with van der Waals surface area (Å²) in [4.78, 5) is 23.8. The third-order valence-corrected chi connectivity index (χ3v) is 6.79. The second kappa shape index (κ2) is 8.02. The highest BCUT2D eigenvalue weighted by atomic mass is 32.1. The Balaban J connectivity index is 1.37. The smallest absolute Gasteiger partial charge is 0.320 e. The van der Waals surface area contributed by atoms with Crippen LogP contribution in [0, 0.1) is 0 Å². The number of hydrogen-bond acceptors (Lipinski definition) is 5. The van der Waals surface area contributed by atoms with Gasteiger partial charge in [-0.15, -0.1) is 0 Å². The number of aryl methyl sites for hydroxylation is 1. The van der Waals surface area contributed by atoms with Crippen molar-refractivity contribution in [1.82, 2.24) is 14.8 Å². The number of aromatic nitrogens is 1. The van der Waals surface area contributed by atoms with Gasteiger partial charge in [0.15, 0.2) is 5.13 Å². The second-order valence-electron chi connectivity index (χ2n) is 7.36. The number of carbonyl (C=O) groups excluding carboxylic acids is 1. The molecule has 4 rings (SSSR count). The predicted molar refractivity (Wildman–Crippen MR) is 110 cm³/mol. The summed E-state index contributed by atoms with van der Waals surface area (Å²) in [5.74, 6) is 0. The van der Waals surface area contributed by atoms with Gasteiger partial charge in [0.1, 0.15) is 0 Å². The van der Waals surface area contributed by atoms with E-state index in [1.807, 2.05) is 16.8 Å². The maximum absolute atomic E-state index is 12.7. The van der Waals surface area contributed by atoms with Crippen LogP contribution in [0.5, 0.6) is 0 Å². The van der Waals surface area contributed by atoms with Gasteiger partial charge in [0.05, 0.1) is 23.4 Å². The Morgan fingerprint density at radius 3 is 2.70 bits per heavy atom. The SMILES string of the molecule is CCc1ccc2nc(N3CCC(N(C)C(=O)N4CCOCC4)CC3)sc2c1. The van der Waals surface area contributed by atoms with Gasteiger partial charge in [-0.2, -0.15) is 0 Å². The van der Waals surface area contributed by atoms with E-state index >= 15 is 0 Å². The Bertz CT molecular complexity index is 794. The van der Waals surface area contributed by atoms with Gasteiger partial charge < -0.3 is 19.4 Å². The fourth-order valence-electron chi connectivity index (χ4n) is 3.89. The van der Waals surface area contributed by atoms with Crippen molar-refractivity contribution in [3.05, 3.63) is 23.8 Å². The largest absolute Gasteiger partial charge is 0.378 e. The standard InChI is InChI=1S/C20H28N4O2S/c1-3-15-4-5-17-18(14-15)27-19(21-17)23-8-6-16(7-9-23)22(2)20(25)24-10-12-26-13-11-24/h4-5,14,16H,3,6-13H2,1-2H3. The molecule has 0 radical (unpaired) electrons. The van der Waals surface area contributed by atoms with Crippen LogP contribution in [0.15, 0.2) is 18.2 Å². The van der Waals surface area contributed by atoms with E-state index in [2.05, 4.69) is 30.0 Å². The third kappa shape index (κ3) is 3.89. The number of urea groups is 1. The molecule has 2 fully saturated rings. The summed E-state index contributed by atoms with van der Waals surface area (Å²) >= 11 is 1.78. The molecule has 0 atom stereocenters. The lowest BCUT2D eigenvalue weighted by molar-refractivity contribution is 0.0409. The number of benzene rings is 1. The number of piperidine rings is 1. The number of rotatable bonds is 3. The number of morpholine rings is 1. The first-order chi connectivity index (χ1) is 13.2. The summed E-state index contributed by atoms with van der Waals surface area (Å²) in [5.41, 5.74) is 2.45. The van der Waals surface area contributed by atoms with Gasteiger partial charge in [-0.3, -0.25) is 0 Å². The minimum Gasteiger partial charge on any atom is -0.378 e. The number of thiazole rings is 1. The van der Waals surface area contributed by atoms with Gasteiger partial charge in [0, 0.05) is 39.3 Å². The Hall–Kier alpha value is -1.86. The highest BCUT2D eigenvalue weighted by Crippen LogP contribution is 2.32. The zero-order valence-corrected chi connectivity index (χ0v) is 17.0. The van der Waals surface area contributed by atoms with E-state index < -0.39 is 0 Å². The molecule has 6 nitrogen and oxygen atoms in total. The topological polar surface area (TPSA) is 48.9 Å². The molecular formula is C20H28N4O2S. The lowest BCUT2D eigenvalue weighted by Gasteiger charge is -2.39. The molecule has 3 heterocycles. The molecule has 2 amide bonds. The van der Waals surface area contributed by atoms with Crippen LogP contribution in [0.4, 0.5) is 9.93 Å². The summed E-state index contributed by atoms with van der Waals surface area (Å²) in [5, 5.41) is 1.11. The summed E-state index contributed by atoms with van der Waals surface area (Å²) in [6, 6.07) is 7.01. The van der Waals surface area contributed by atoms with E-state index in [1.165, 1.54) is 10.3 Å². The molecule has 1 aromatic heterocycles. The molecule has 1 aromatic carbocycles. The lowest BCUT2D eigenvalue weighted by Crippen LogP contribution is -2.52.